The Kier molecular flexibility index (Phi) is 383. The van der Waals surface area contributed by atoms with Gasteiger partial charge in [-0.1, -0.05) is 0 Å². The zero-order chi connectivity index (χ0) is 0. The molecule has 0 saturated heterocycles. The van der Waals surface area contributed by atoms with Gasteiger partial charge in [-0.15, -0.1) is 0 Å². The second-order valence-electron chi connectivity index (χ2n) is 0. The van der Waals surface area contributed by atoms with E-state index in [2.05, 4.69) is 0 Å². The Morgan fingerprint density at radius 2 is 0.222 bits per heavy atom. The molecule has 0 aliphatic rings. The van der Waals surface area contributed by atoms with Crippen molar-refractivity contribution in [3.8, 4) is 0 Å². The van der Waals surface area contributed by atoms with E-state index in [9.17, 15) is 0 Å². The van der Waals surface area contributed by atoms with Gasteiger partial charge in [-0.3, -0.25) is 0 Å². The molecular formula is H9Na9. The van der Waals surface area contributed by atoms with Crippen LogP contribution in [0.1, 0.15) is 12.8 Å². The maximum atomic E-state index is 0. The van der Waals surface area contributed by atoms with Crippen LogP contribution in [0.4, 0.5) is 0 Å². The molecule has 0 N–H and O–H groups in total. The minimum atomic E-state index is 0. The maximum absolute atomic E-state index is 0. The molecular weight excluding hydrogens is 207 g/mol. The van der Waals surface area contributed by atoms with E-state index in [4.69, 9.17) is 0 Å². The summed E-state index contributed by atoms with van der Waals surface area (Å²) >= 11 is 0. The van der Waals surface area contributed by atoms with E-state index < -0.39 is 0 Å². The summed E-state index contributed by atoms with van der Waals surface area (Å²) in [5.74, 6) is 0. The minimum Gasteiger partial charge on any atom is -1.00 e. The van der Waals surface area contributed by atoms with Crippen molar-refractivity contribution < 1.29 is 279 Å². The van der Waals surface area contributed by atoms with Crippen molar-refractivity contribution in [3.05, 3.63) is 0 Å². The molecule has 0 unspecified atom stereocenters. The van der Waals surface area contributed by atoms with Gasteiger partial charge in [-0.25, -0.2) is 0 Å². The molecule has 0 aromatic rings. The molecule has 0 radical (unpaired) electrons. The number of hydrogen-bond acceptors (Lipinski definition) is 0. The minimum absolute atomic E-state index is 0. The zero-order valence-corrected chi connectivity index (χ0v) is 27.0. The first-order chi connectivity index (χ1) is 0. The monoisotopic (exact) mass is 216 g/mol. The van der Waals surface area contributed by atoms with Crippen LogP contribution in [0.25, 0.3) is 0 Å². The summed E-state index contributed by atoms with van der Waals surface area (Å²) in [5, 5.41) is 0. The summed E-state index contributed by atoms with van der Waals surface area (Å²) in [6.45, 7) is 0. The van der Waals surface area contributed by atoms with Gasteiger partial charge in [-0.2, -0.15) is 0 Å². The maximum Gasteiger partial charge on any atom is 1.00 e. The molecule has 0 bridgehead atoms. The summed E-state index contributed by atoms with van der Waals surface area (Å²) in [7, 11) is 0. The van der Waals surface area contributed by atoms with E-state index in [-0.39, 0.29) is 279 Å². The van der Waals surface area contributed by atoms with Gasteiger partial charge in [0.05, 0.1) is 0 Å². The fraction of sp³-hybridized carbons (Fsp3) is 0. The Morgan fingerprint density at radius 1 is 0.222 bits per heavy atom. The van der Waals surface area contributed by atoms with Gasteiger partial charge in [-0.05, 0) is 0 Å². The summed E-state index contributed by atoms with van der Waals surface area (Å²) < 4.78 is 0. The molecule has 0 fully saturated rings. The van der Waals surface area contributed by atoms with Crippen LogP contribution >= 0.6 is 0 Å². The molecule has 0 aromatic carbocycles. The van der Waals surface area contributed by atoms with Crippen LogP contribution in [-0.2, 0) is 0 Å². The van der Waals surface area contributed by atoms with E-state index in [0.717, 1.165) is 0 Å². The quantitative estimate of drug-likeness (QED) is 0.353. The molecule has 0 rings (SSSR count). The van der Waals surface area contributed by atoms with E-state index in [1.807, 2.05) is 0 Å². The van der Waals surface area contributed by atoms with Crippen LogP contribution in [0, 0.1) is 0 Å². The van der Waals surface area contributed by atoms with Crippen LogP contribution in [0.5, 0.6) is 0 Å². The smallest absolute Gasteiger partial charge is 1.00 e. The molecule has 0 aliphatic carbocycles. The van der Waals surface area contributed by atoms with Crippen molar-refractivity contribution in [2.45, 2.75) is 0 Å². The van der Waals surface area contributed by atoms with Crippen LogP contribution in [0.15, 0.2) is 0 Å². The molecule has 0 aromatic heterocycles. The van der Waals surface area contributed by atoms with Crippen LogP contribution in [-0.4, -0.2) is 0 Å². The van der Waals surface area contributed by atoms with Crippen LogP contribution < -0.4 is 266 Å². The molecule has 0 aliphatic heterocycles. The summed E-state index contributed by atoms with van der Waals surface area (Å²) in [5.41, 5.74) is 0. The van der Waals surface area contributed by atoms with Crippen molar-refractivity contribution in [2.24, 2.45) is 0 Å². The standard InChI is InChI=1S/9Na.9H/q9*+1;9*-1. The number of hydrogen-bond donors (Lipinski definition) is 0. The second-order valence-corrected chi connectivity index (χ2v) is 0. The van der Waals surface area contributed by atoms with Crippen molar-refractivity contribution in [3.63, 3.8) is 0 Å². The van der Waals surface area contributed by atoms with Crippen molar-refractivity contribution in [1.82, 2.24) is 0 Å². The van der Waals surface area contributed by atoms with Gasteiger partial charge in [0.25, 0.3) is 0 Å². The van der Waals surface area contributed by atoms with Crippen molar-refractivity contribution in [2.75, 3.05) is 0 Å². The summed E-state index contributed by atoms with van der Waals surface area (Å²) in [6, 6.07) is 0. The molecule has 0 atom stereocenters. The number of rotatable bonds is 0. The van der Waals surface area contributed by atoms with Gasteiger partial charge in [0.15, 0.2) is 0 Å². The molecule has 9 heavy (non-hydrogen) atoms. The third kappa shape index (κ3) is 47.2. The van der Waals surface area contributed by atoms with E-state index in [1.54, 1.807) is 0 Å². The summed E-state index contributed by atoms with van der Waals surface area (Å²) in [4.78, 5) is 0. The van der Waals surface area contributed by atoms with Crippen LogP contribution in [0.3, 0.4) is 0 Å². The topological polar surface area (TPSA) is 0 Å². The van der Waals surface area contributed by atoms with Gasteiger partial charge in [0, 0.05) is 0 Å². The molecule has 9 heteroatoms. The predicted molar refractivity (Wildman–Crippen MR) is 10.0 cm³/mol. The van der Waals surface area contributed by atoms with Gasteiger partial charge in [0.1, 0.15) is 0 Å². The normalized spacial score (nSPS) is 0. The van der Waals surface area contributed by atoms with Gasteiger partial charge < -0.3 is 12.8 Å². The summed E-state index contributed by atoms with van der Waals surface area (Å²) in [6.07, 6.45) is 0. The Labute approximate surface area is 270 Å². The Bertz CT molecular complexity index is 18.0. The molecule has 0 saturated carbocycles. The van der Waals surface area contributed by atoms with Crippen molar-refractivity contribution >= 4 is 0 Å². The SMILES string of the molecule is [H-].[H-].[H-].[H-].[H-].[H-].[H-].[H-].[H-].[Na+].[Na+].[Na+].[Na+].[Na+].[Na+].[Na+].[Na+].[Na+]. The van der Waals surface area contributed by atoms with E-state index in [0.29, 0.717) is 0 Å². The average Bonchev–Trinajstić information content (AvgIpc) is 0. The second kappa shape index (κ2) is 53.7. The predicted octanol–water partition coefficient (Wildman–Crippen LogP) is -26.0. The first kappa shape index (κ1) is 64.2. The molecule has 0 nitrogen and oxygen atoms in total. The third-order valence-corrected chi connectivity index (χ3v) is 0. The molecule has 0 spiro atoms. The molecule has 0 amide bonds. The van der Waals surface area contributed by atoms with Crippen molar-refractivity contribution in [1.29, 1.82) is 0 Å². The Morgan fingerprint density at radius 3 is 0.222 bits per heavy atom. The third-order valence-electron chi connectivity index (χ3n) is 0. The van der Waals surface area contributed by atoms with Gasteiger partial charge >= 0.3 is 266 Å². The van der Waals surface area contributed by atoms with E-state index in [1.165, 1.54) is 0 Å². The fourth-order valence-electron chi connectivity index (χ4n) is 0. The van der Waals surface area contributed by atoms with E-state index >= 15 is 0 Å². The Balaban J connectivity index is 0. The zero-order valence-electron chi connectivity index (χ0n) is 18.0. The average molecular weight is 216 g/mol. The molecule has 18 valence electrons. The van der Waals surface area contributed by atoms with Crippen LogP contribution in [0.2, 0.25) is 0 Å². The first-order valence-electron chi connectivity index (χ1n) is 0. The first-order valence-corrected chi connectivity index (χ1v) is 0. The van der Waals surface area contributed by atoms with Gasteiger partial charge in [0.2, 0.25) is 0 Å². The largest absolute Gasteiger partial charge is 1.00 e. The molecule has 0 heterocycles. The fourth-order valence-corrected chi connectivity index (χ4v) is 0. The Hall–Kier alpha value is 9.00.